The first-order valence-electron chi connectivity index (χ1n) is 10.2. The van der Waals surface area contributed by atoms with E-state index in [1.54, 1.807) is 36.4 Å². The highest BCUT2D eigenvalue weighted by Gasteiger charge is 2.15. The maximum atomic E-state index is 12.5. The van der Waals surface area contributed by atoms with Crippen LogP contribution in [0, 0.1) is 0 Å². The number of nitrogens with one attached hydrogen (secondary N) is 3. The molecule has 0 aliphatic rings. The Hall–Kier alpha value is -3.43. The number of benzene rings is 3. The topological polar surface area (TPSA) is 114 Å². The van der Waals surface area contributed by atoms with Crippen molar-refractivity contribution in [2.24, 2.45) is 0 Å². The van der Waals surface area contributed by atoms with Gasteiger partial charge in [-0.25, -0.2) is 13.1 Å². The quantitative estimate of drug-likeness (QED) is 0.435. The van der Waals surface area contributed by atoms with Gasteiger partial charge in [0, 0.05) is 18.7 Å². The van der Waals surface area contributed by atoms with Crippen LogP contribution >= 0.6 is 0 Å². The molecule has 3 aromatic rings. The van der Waals surface area contributed by atoms with Gasteiger partial charge in [0.2, 0.25) is 21.8 Å². The molecule has 8 nitrogen and oxygen atoms in total. The van der Waals surface area contributed by atoms with Crippen molar-refractivity contribution in [3.63, 3.8) is 0 Å². The van der Waals surface area contributed by atoms with E-state index < -0.39 is 15.9 Å². The number of fused-ring (bicyclic) bond motifs is 1. The lowest BCUT2D eigenvalue weighted by Crippen LogP contribution is -2.35. The molecule has 0 aromatic heterocycles. The Balaban J connectivity index is 1.42. The van der Waals surface area contributed by atoms with Gasteiger partial charge in [-0.3, -0.25) is 9.59 Å². The Morgan fingerprint density at radius 1 is 0.906 bits per heavy atom. The van der Waals surface area contributed by atoms with E-state index in [9.17, 15) is 18.0 Å². The lowest BCUT2D eigenvalue weighted by atomic mass is 10.1. The Bertz CT molecular complexity index is 1190. The molecule has 0 bridgehead atoms. The number of hydrogen-bond donors (Lipinski definition) is 3. The molecule has 3 N–H and O–H groups in total. The summed E-state index contributed by atoms with van der Waals surface area (Å²) in [6.07, 6.45) is -0.0941. The standard InChI is InChI=1S/C23H25N3O5S/c1-2-31-20-10-8-19(9-11-20)26-23(28)16-24-22(27)13-14-25-32(29,30)21-12-7-17-5-3-4-6-18(17)15-21/h3-12,15,25H,2,13-14,16H2,1H3,(H,24,27)(H,26,28). The second kappa shape index (κ2) is 10.7. The van der Waals surface area contributed by atoms with Crippen LogP contribution < -0.4 is 20.1 Å². The summed E-state index contributed by atoms with van der Waals surface area (Å²) in [5.41, 5.74) is 0.579. The number of anilines is 1. The smallest absolute Gasteiger partial charge is 0.243 e. The highest BCUT2D eigenvalue weighted by Crippen LogP contribution is 2.19. The maximum absolute atomic E-state index is 12.5. The Morgan fingerprint density at radius 2 is 1.62 bits per heavy atom. The van der Waals surface area contributed by atoms with Crippen LogP contribution in [-0.4, -0.2) is 39.9 Å². The van der Waals surface area contributed by atoms with Crippen LogP contribution in [-0.2, 0) is 19.6 Å². The molecule has 2 amide bonds. The van der Waals surface area contributed by atoms with Crippen LogP contribution in [0.2, 0.25) is 0 Å². The number of sulfonamides is 1. The van der Waals surface area contributed by atoms with Gasteiger partial charge < -0.3 is 15.4 Å². The predicted molar refractivity (Wildman–Crippen MR) is 123 cm³/mol. The average Bonchev–Trinajstić information content (AvgIpc) is 2.79. The van der Waals surface area contributed by atoms with Crippen LogP contribution in [0.1, 0.15) is 13.3 Å². The Kier molecular flexibility index (Phi) is 7.80. The summed E-state index contributed by atoms with van der Waals surface area (Å²) in [5, 5.41) is 6.89. The molecule has 0 unspecified atom stereocenters. The molecule has 32 heavy (non-hydrogen) atoms. The van der Waals surface area contributed by atoms with Crippen molar-refractivity contribution >= 4 is 38.3 Å². The number of hydrogen-bond acceptors (Lipinski definition) is 5. The minimum absolute atomic E-state index is 0.0818. The van der Waals surface area contributed by atoms with Gasteiger partial charge in [-0.1, -0.05) is 30.3 Å². The molecule has 0 atom stereocenters. The van der Waals surface area contributed by atoms with Crippen LogP contribution in [0.4, 0.5) is 5.69 Å². The van der Waals surface area contributed by atoms with E-state index in [4.69, 9.17) is 4.74 Å². The summed E-state index contributed by atoms with van der Waals surface area (Å²) in [7, 11) is -3.75. The zero-order valence-corrected chi connectivity index (χ0v) is 18.4. The summed E-state index contributed by atoms with van der Waals surface area (Å²) >= 11 is 0. The van der Waals surface area contributed by atoms with E-state index >= 15 is 0 Å². The molecule has 0 radical (unpaired) electrons. The van der Waals surface area contributed by atoms with Crippen molar-refractivity contribution in [2.45, 2.75) is 18.2 Å². The number of rotatable bonds is 10. The lowest BCUT2D eigenvalue weighted by Gasteiger charge is -2.09. The van der Waals surface area contributed by atoms with Gasteiger partial charge >= 0.3 is 0 Å². The molecule has 9 heteroatoms. The van der Waals surface area contributed by atoms with Gasteiger partial charge in [0.05, 0.1) is 18.0 Å². The van der Waals surface area contributed by atoms with E-state index in [1.165, 1.54) is 6.07 Å². The highest BCUT2D eigenvalue weighted by molar-refractivity contribution is 7.89. The summed E-state index contributed by atoms with van der Waals surface area (Å²) in [5.74, 6) is -0.128. The lowest BCUT2D eigenvalue weighted by molar-refractivity contribution is -0.124. The second-order valence-corrected chi connectivity index (χ2v) is 8.71. The monoisotopic (exact) mass is 455 g/mol. The first-order chi connectivity index (χ1) is 15.4. The molecule has 0 spiro atoms. The van der Waals surface area contributed by atoms with Crippen molar-refractivity contribution < 1.29 is 22.7 Å². The van der Waals surface area contributed by atoms with E-state index in [-0.39, 0.29) is 30.3 Å². The second-order valence-electron chi connectivity index (χ2n) is 6.94. The summed E-state index contributed by atoms with van der Waals surface area (Å²) < 4.78 is 32.7. The van der Waals surface area contributed by atoms with E-state index in [0.29, 0.717) is 18.0 Å². The van der Waals surface area contributed by atoms with Crippen LogP contribution in [0.15, 0.2) is 71.6 Å². The number of ether oxygens (including phenoxy) is 1. The van der Waals surface area contributed by atoms with Crippen LogP contribution in [0.3, 0.4) is 0 Å². The molecule has 3 rings (SSSR count). The fraction of sp³-hybridized carbons (Fsp3) is 0.217. The highest BCUT2D eigenvalue weighted by atomic mass is 32.2. The van der Waals surface area contributed by atoms with Gasteiger partial charge in [0.15, 0.2) is 0 Å². The molecular weight excluding hydrogens is 430 g/mol. The van der Waals surface area contributed by atoms with Gasteiger partial charge in [0.25, 0.3) is 0 Å². The summed E-state index contributed by atoms with van der Waals surface area (Å²) in [4.78, 5) is 24.1. The average molecular weight is 456 g/mol. The SMILES string of the molecule is CCOc1ccc(NC(=O)CNC(=O)CCNS(=O)(=O)c2ccc3ccccc3c2)cc1. The van der Waals surface area contributed by atoms with Gasteiger partial charge in [0.1, 0.15) is 5.75 Å². The Labute approximate surface area is 187 Å². The fourth-order valence-electron chi connectivity index (χ4n) is 2.99. The number of amides is 2. The molecule has 0 aliphatic heterocycles. The van der Waals surface area contributed by atoms with Crippen LogP contribution in [0.5, 0.6) is 5.75 Å². The molecule has 3 aromatic carbocycles. The third kappa shape index (κ3) is 6.53. The van der Waals surface area contributed by atoms with Crippen molar-refractivity contribution in [3.8, 4) is 5.75 Å². The number of carbonyl (C=O) groups excluding carboxylic acids is 2. The molecule has 0 aliphatic carbocycles. The molecule has 0 saturated carbocycles. The first kappa shape index (κ1) is 23.2. The maximum Gasteiger partial charge on any atom is 0.243 e. The molecule has 0 saturated heterocycles. The Morgan fingerprint density at radius 3 is 2.34 bits per heavy atom. The molecule has 0 heterocycles. The fourth-order valence-corrected chi connectivity index (χ4v) is 4.06. The first-order valence-corrected chi connectivity index (χ1v) is 11.6. The third-order valence-electron chi connectivity index (χ3n) is 4.57. The minimum atomic E-state index is -3.75. The molecule has 168 valence electrons. The summed E-state index contributed by atoms with van der Waals surface area (Å²) in [6.45, 7) is 2.13. The minimum Gasteiger partial charge on any atom is -0.494 e. The molecular formula is C23H25N3O5S. The zero-order valence-electron chi connectivity index (χ0n) is 17.6. The van der Waals surface area contributed by atoms with Crippen molar-refractivity contribution in [2.75, 3.05) is 25.0 Å². The van der Waals surface area contributed by atoms with Crippen molar-refractivity contribution in [1.82, 2.24) is 10.0 Å². The zero-order chi connectivity index (χ0) is 23.0. The van der Waals surface area contributed by atoms with Crippen molar-refractivity contribution in [3.05, 3.63) is 66.7 Å². The van der Waals surface area contributed by atoms with Crippen LogP contribution in [0.25, 0.3) is 10.8 Å². The largest absolute Gasteiger partial charge is 0.494 e. The summed E-state index contributed by atoms with van der Waals surface area (Å²) in [6, 6.07) is 19.2. The van der Waals surface area contributed by atoms with E-state index in [2.05, 4.69) is 15.4 Å². The van der Waals surface area contributed by atoms with Gasteiger partial charge in [-0.15, -0.1) is 0 Å². The number of carbonyl (C=O) groups is 2. The van der Waals surface area contributed by atoms with Gasteiger partial charge in [-0.05, 0) is 54.1 Å². The predicted octanol–water partition coefficient (Wildman–Crippen LogP) is 2.66. The van der Waals surface area contributed by atoms with E-state index in [0.717, 1.165) is 10.8 Å². The van der Waals surface area contributed by atoms with Crippen molar-refractivity contribution in [1.29, 1.82) is 0 Å². The van der Waals surface area contributed by atoms with Gasteiger partial charge in [-0.2, -0.15) is 0 Å². The molecule has 0 fully saturated rings. The van der Waals surface area contributed by atoms with E-state index in [1.807, 2.05) is 31.2 Å². The third-order valence-corrected chi connectivity index (χ3v) is 6.03. The normalized spacial score (nSPS) is 11.2.